The van der Waals surface area contributed by atoms with E-state index in [9.17, 15) is 19.0 Å². The average Bonchev–Trinajstić information content (AvgIpc) is 3.10. The number of esters is 2. The highest BCUT2D eigenvalue weighted by Crippen LogP contribution is 2.38. The van der Waals surface area contributed by atoms with Gasteiger partial charge in [-0.1, -0.05) is 160 Å². The fraction of sp³-hybridized carbons (Fsp3) is 0.860. The first-order valence-corrected chi connectivity index (χ1v) is 23.0. The summed E-state index contributed by atoms with van der Waals surface area (Å²) in [6.07, 6.45) is 38.0. The zero-order valence-electron chi connectivity index (χ0n) is 35.0. The van der Waals surface area contributed by atoms with Gasteiger partial charge in [-0.15, -0.1) is 0 Å². The Morgan fingerprint density at radius 1 is 0.566 bits per heavy atom. The molecule has 0 saturated carbocycles. The molecule has 9 nitrogen and oxygen atoms in total. The van der Waals surface area contributed by atoms with Gasteiger partial charge in [0, 0.05) is 12.8 Å². The minimum absolute atomic E-state index is 0.0397. The Morgan fingerprint density at radius 3 is 1.40 bits per heavy atom. The summed E-state index contributed by atoms with van der Waals surface area (Å²) in [4.78, 5) is 37.4. The van der Waals surface area contributed by atoms with E-state index in [1.165, 1.54) is 122 Å². The molecule has 312 valence electrons. The maximum atomic E-state index is 12.6. The standard InChI is InChI=1S/C43H82NO8P/c1-6-8-10-12-14-16-18-20-22-24-26-28-30-32-34-36-43(46)52-41(40-51-53(47,48)50-38-37-44(3,4)5)39-49-42(45)35-33-31-29-27-25-23-21-19-17-15-13-11-9-7-2/h29-32,41H,6-28,33-40H2,1-5H3/b31-29-,32-30-. The van der Waals surface area contributed by atoms with Crippen LogP contribution in [-0.4, -0.2) is 70.0 Å². The number of allylic oxidation sites excluding steroid dienone is 4. The van der Waals surface area contributed by atoms with Crippen molar-refractivity contribution < 1.29 is 42.1 Å². The van der Waals surface area contributed by atoms with E-state index >= 15 is 0 Å². The first kappa shape index (κ1) is 51.5. The molecule has 0 heterocycles. The van der Waals surface area contributed by atoms with E-state index in [0.717, 1.165) is 25.7 Å². The summed E-state index contributed by atoms with van der Waals surface area (Å²) in [5, 5.41) is 0. The normalized spacial score (nSPS) is 13.8. The topological polar surface area (TPSA) is 111 Å². The van der Waals surface area contributed by atoms with Gasteiger partial charge in [-0.2, -0.15) is 0 Å². The van der Waals surface area contributed by atoms with Gasteiger partial charge in [0.15, 0.2) is 6.10 Å². The number of hydrogen-bond donors (Lipinski definition) is 0. The van der Waals surface area contributed by atoms with E-state index < -0.39 is 32.5 Å². The fourth-order valence-electron chi connectivity index (χ4n) is 5.81. The number of unbranched alkanes of at least 4 members (excludes halogenated alkanes) is 21. The highest BCUT2D eigenvalue weighted by atomic mass is 31.2. The molecular formula is C43H82NO8P. The first-order valence-electron chi connectivity index (χ1n) is 21.5. The highest BCUT2D eigenvalue weighted by molar-refractivity contribution is 7.45. The molecule has 0 radical (unpaired) electrons. The zero-order valence-corrected chi connectivity index (χ0v) is 35.9. The number of likely N-dealkylation sites (N-methyl/N-ethyl adjacent to an activating group) is 1. The minimum atomic E-state index is -4.63. The molecule has 10 heteroatoms. The molecule has 0 spiro atoms. The van der Waals surface area contributed by atoms with Gasteiger partial charge in [0.25, 0.3) is 7.82 Å². The molecule has 0 aliphatic heterocycles. The molecule has 53 heavy (non-hydrogen) atoms. The number of phosphoric acid groups is 1. The van der Waals surface area contributed by atoms with E-state index in [4.69, 9.17) is 18.5 Å². The molecule has 0 bridgehead atoms. The predicted octanol–water partition coefficient (Wildman–Crippen LogP) is 11.3. The number of ether oxygens (including phenoxy) is 2. The molecule has 0 aromatic heterocycles. The van der Waals surface area contributed by atoms with Crippen LogP contribution >= 0.6 is 7.82 Å². The van der Waals surface area contributed by atoms with Gasteiger partial charge >= 0.3 is 11.9 Å². The number of phosphoric ester groups is 1. The number of carbonyl (C=O) groups is 2. The van der Waals surface area contributed by atoms with E-state index in [0.29, 0.717) is 23.9 Å². The molecule has 0 fully saturated rings. The maximum Gasteiger partial charge on any atom is 0.306 e. The minimum Gasteiger partial charge on any atom is -0.756 e. The molecule has 2 atom stereocenters. The first-order chi connectivity index (χ1) is 25.5. The van der Waals surface area contributed by atoms with Gasteiger partial charge in [0.2, 0.25) is 0 Å². The van der Waals surface area contributed by atoms with Crippen molar-refractivity contribution in [1.29, 1.82) is 0 Å². The summed E-state index contributed by atoms with van der Waals surface area (Å²) in [6.45, 7) is 4.15. The van der Waals surface area contributed by atoms with Gasteiger partial charge in [-0.05, 0) is 38.5 Å². The van der Waals surface area contributed by atoms with E-state index in [1.54, 1.807) is 0 Å². The summed E-state index contributed by atoms with van der Waals surface area (Å²) in [6, 6.07) is 0. The fourth-order valence-corrected chi connectivity index (χ4v) is 6.54. The lowest BCUT2D eigenvalue weighted by Crippen LogP contribution is -2.37. The van der Waals surface area contributed by atoms with Crippen molar-refractivity contribution in [1.82, 2.24) is 0 Å². The van der Waals surface area contributed by atoms with Crippen LogP contribution in [0.5, 0.6) is 0 Å². The summed E-state index contributed by atoms with van der Waals surface area (Å²) >= 11 is 0. The molecule has 0 N–H and O–H groups in total. The van der Waals surface area contributed by atoms with Crippen LogP contribution in [0.25, 0.3) is 0 Å². The van der Waals surface area contributed by atoms with Crippen molar-refractivity contribution in [3.63, 3.8) is 0 Å². The highest BCUT2D eigenvalue weighted by Gasteiger charge is 2.21. The van der Waals surface area contributed by atoms with E-state index in [1.807, 2.05) is 33.3 Å². The van der Waals surface area contributed by atoms with Crippen molar-refractivity contribution in [2.75, 3.05) is 47.5 Å². The van der Waals surface area contributed by atoms with Gasteiger partial charge in [-0.3, -0.25) is 14.2 Å². The number of nitrogens with zero attached hydrogens (tertiary/aromatic N) is 1. The third-order valence-electron chi connectivity index (χ3n) is 9.22. The Balaban J connectivity index is 4.45. The predicted molar refractivity (Wildman–Crippen MR) is 218 cm³/mol. The summed E-state index contributed by atoms with van der Waals surface area (Å²) in [5.41, 5.74) is 0. The third kappa shape index (κ3) is 40.0. The van der Waals surface area contributed by atoms with Crippen LogP contribution in [0.3, 0.4) is 0 Å². The van der Waals surface area contributed by atoms with Crippen molar-refractivity contribution in [3.8, 4) is 0 Å². The largest absolute Gasteiger partial charge is 0.756 e. The zero-order chi connectivity index (χ0) is 39.3. The number of carbonyl (C=O) groups excluding carboxylic acids is 2. The van der Waals surface area contributed by atoms with Crippen LogP contribution in [0.2, 0.25) is 0 Å². The van der Waals surface area contributed by atoms with Crippen LogP contribution in [0.4, 0.5) is 0 Å². The van der Waals surface area contributed by atoms with Crippen LogP contribution in [0.15, 0.2) is 24.3 Å². The van der Waals surface area contributed by atoms with Crippen molar-refractivity contribution in [3.05, 3.63) is 24.3 Å². The Morgan fingerprint density at radius 2 is 0.962 bits per heavy atom. The van der Waals surface area contributed by atoms with Crippen molar-refractivity contribution in [2.45, 2.75) is 193 Å². The van der Waals surface area contributed by atoms with Crippen LogP contribution in [-0.2, 0) is 32.7 Å². The molecule has 0 aromatic carbocycles. The second-order valence-corrected chi connectivity index (χ2v) is 17.1. The van der Waals surface area contributed by atoms with Crippen LogP contribution in [0, 0.1) is 0 Å². The maximum absolute atomic E-state index is 12.6. The van der Waals surface area contributed by atoms with Crippen LogP contribution in [0.1, 0.15) is 187 Å². The van der Waals surface area contributed by atoms with Gasteiger partial charge in [0.05, 0.1) is 27.7 Å². The molecule has 0 rings (SSSR count). The van der Waals surface area contributed by atoms with Gasteiger partial charge in [0.1, 0.15) is 19.8 Å². The Bertz CT molecular complexity index is 964. The third-order valence-corrected chi connectivity index (χ3v) is 10.2. The lowest BCUT2D eigenvalue weighted by atomic mass is 10.1. The monoisotopic (exact) mass is 772 g/mol. The number of rotatable bonds is 39. The molecule has 0 saturated heterocycles. The molecule has 0 aliphatic rings. The molecule has 0 amide bonds. The Hall–Kier alpha value is -1.51. The second kappa shape index (κ2) is 36.1. The van der Waals surface area contributed by atoms with Crippen molar-refractivity contribution in [2.24, 2.45) is 0 Å². The van der Waals surface area contributed by atoms with Gasteiger partial charge < -0.3 is 27.9 Å². The number of quaternary nitrogens is 1. The lowest BCUT2D eigenvalue weighted by molar-refractivity contribution is -0.870. The SMILES string of the molecule is CCCCCCCCCCCC/C=C\CCC(=O)OCC(COP(=O)([O-])OCC[N+](C)(C)C)OC(=O)CC/C=C\CCCCCCCCCCCCC. The van der Waals surface area contributed by atoms with Gasteiger partial charge in [-0.25, -0.2) is 0 Å². The molecule has 0 aromatic rings. The molecule has 0 aliphatic carbocycles. The van der Waals surface area contributed by atoms with Crippen LogP contribution < -0.4 is 4.89 Å². The molecule has 2 unspecified atom stereocenters. The Labute approximate surface area is 326 Å². The smallest absolute Gasteiger partial charge is 0.306 e. The average molecular weight is 772 g/mol. The lowest BCUT2D eigenvalue weighted by Gasteiger charge is -2.28. The van der Waals surface area contributed by atoms with E-state index in [2.05, 4.69) is 26.0 Å². The summed E-state index contributed by atoms with van der Waals surface area (Å²) in [5.74, 6) is -0.944. The quantitative estimate of drug-likeness (QED) is 0.0200. The Kier molecular flexibility index (Phi) is 35.1. The summed E-state index contributed by atoms with van der Waals surface area (Å²) < 4.78 is 33.7. The summed E-state index contributed by atoms with van der Waals surface area (Å²) in [7, 11) is 1.13. The van der Waals surface area contributed by atoms with E-state index in [-0.39, 0.29) is 26.1 Å². The number of hydrogen-bond acceptors (Lipinski definition) is 8. The second-order valence-electron chi connectivity index (χ2n) is 15.7. The molecular weight excluding hydrogens is 689 g/mol. The van der Waals surface area contributed by atoms with Crippen molar-refractivity contribution >= 4 is 19.8 Å².